The summed E-state index contributed by atoms with van der Waals surface area (Å²) in [7, 11) is 0. The van der Waals surface area contributed by atoms with E-state index >= 15 is 0 Å². The van der Waals surface area contributed by atoms with Crippen molar-refractivity contribution in [2.75, 3.05) is 26.2 Å². The van der Waals surface area contributed by atoms with Crippen molar-refractivity contribution in [3.8, 4) is 0 Å². The number of nitrogens with zero attached hydrogens (tertiary/aromatic N) is 1. The summed E-state index contributed by atoms with van der Waals surface area (Å²) in [5.74, 6) is 0.825. The van der Waals surface area contributed by atoms with Crippen molar-refractivity contribution in [3.63, 3.8) is 0 Å². The molecule has 2 unspecified atom stereocenters. The average molecular weight is 212 g/mol. The van der Waals surface area contributed by atoms with Gasteiger partial charge < -0.3 is 10.4 Å². The fourth-order valence-corrected chi connectivity index (χ4v) is 2.66. The molecule has 0 aromatic rings. The smallest absolute Gasteiger partial charge is 0.0443 e. The minimum Gasteiger partial charge on any atom is -0.396 e. The number of likely N-dealkylation sites (tertiary alicyclic amines) is 1. The van der Waals surface area contributed by atoms with Gasteiger partial charge in [0, 0.05) is 31.8 Å². The molecule has 2 rings (SSSR count). The van der Waals surface area contributed by atoms with Crippen LogP contribution in [0.1, 0.15) is 32.6 Å². The fraction of sp³-hybridized carbons (Fsp3) is 1.00. The second-order valence-corrected chi connectivity index (χ2v) is 5.25. The molecule has 3 nitrogen and oxygen atoms in total. The molecule has 2 N–H and O–H groups in total. The van der Waals surface area contributed by atoms with Crippen molar-refractivity contribution in [1.29, 1.82) is 0 Å². The molecule has 0 radical (unpaired) electrons. The van der Waals surface area contributed by atoms with E-state index in [0.717, 1.165) is 24.9 Å². The standard InChI is InChI=1S/C12H24N2O/c1-10-7-11(13-5-2-6-15)9-14(8-10)12-3-4-12/h10-13,15H,2-9H2,1H3. The molecular weight excluding hydrogens is 188 g/mol. The lowest BCUT2D eigenvalue weighted by Gasteiger charge is -2.37. The van der Waals surface area contributed by atoms with Gasteiger partial charge in [0.25, 0.3) is 0 Å². The van der Waals surface area contributed by atoms with E-state index in [2.05, 4.69) is 17.1 Å². The Hall–Kier alpha value is -0.120. The Bertz CT molecular complexity index is 194. The quantitative estimate of drug-likeness (QED) is 0.663. The third kappa shape index (κ3) is 3.44. The number of aliphatic hydroxyl groups is 1. The maximum absolute atomic E-state index is 8.75. The molecule has 1 saturated carbocycles. The third-order valence-electron chi connectivity index (χ3n) is 3.52. The first-order valence-corrected chi connectivity index (χ1v) is 6.38. The van der Waals surface area contributed by atoms with Gasteiger partial charge in [-0.1, -0.05) is 6.92 Å². The molecule has 2 fully saturated rings. The lowest BCUT2D eigenvalue weighted by molar-refractivity contribution is 0.140. The monoisotopic (exact) mass is 212 g/mol. The summed E-state index contributed by atoms with van der Waals surface area (Å²) < 4.78 is 0. The van der Waals surface area contributed by atoms with E-state index < -0.39 is 0 Å². The normalized spacial score (nSPS) is 33.2. The Labute approximate surface area is 92.8 Å². The molecular formula is C12H24N2O. The minimum absolute atomic E-state index is 0.307. The first kappa shape index (κ1) is 11.4. The van der Waals surface area contributed by atoms with Crippen LogP contribution in [0.3, 0.4) is 0 Å². The van der Waals surface area contributed by atoms with E-state index in [1.807, 2.05) is 0 Å². The lowest BCUT2D eigenvalue weighted by Crippen LogP contribution is -2.49. The summed E-state index contributed by atoms with van der Waals surface area (Å²) in [4.78, 5) is 2.66. The summed E-state index contributed by atoms with van der Waals surface area (Å²) in [5, 5.41) is 12.3. The maximum Gasteiger partial charge on any atom is 0.0443 e. The van der Waals surface area contributed by atoms with Crippen LogP contribution in [0.5, 0.6) is 0 Å². The predicted octanol–water partition coefficient (Wildman–Crippen LogP) is 0.831. The van der Waals surface area contributed by atoms with Crippen LogP contribution in [0.25, 0.3) is 0 Å². The van der Waals surface area contributed by atoms with Gasteiger partial charge in [-0.05, 0) is 38.1 Å². The van der Waals surface area contributed by atoms with Gasteiger partial charge in [-0.2, -0.15) is 0 Å². The van der Waals surface area contributed by atoms with Gasteiger partial charge >= 0.3 is 0 Å². The molecule has 0 aromatic heterocycles. The van der Waals surface area contributed by atoms with Crippen LogP contribution in [-0.2, 0) is 0 Å². The van der Waals surface area contributed by atoms with E-state index in [-0.39, 0.29) is 0 Å². The second kappa shape index (κ2) is 5.28. The highest BCUT2D eigenvalue weighted by atomic mass is 16.3. The molecule has 3 heteroatoms. The number of rotatable bonds is 5. The van der Waals surface area contributed by atoms with Crippen LogP contribution < -0.4 is 5.32 Å². The second-order valence-electron chi connectivity index (χ2n) is 5.25. The van der Waals surface area contributed by atoms with Crippen LogP contribution >= 0.6 is 0 Å². The van der Waals surface area contributed by atoms with Crippen LogP contribution in [0.15, 0.2) is 0 Å². The Morgan fingerprint density at radius 2 is 2.13 bits per heavy atom. The van der Waals surface area contributed by atoms with Gasteiger partial charge in [0.1, 0.15) is 0 Å². The van der Waals surface area contributed by atoms with Gasteiger partial charge in [0.05, 0.1) is 0 Å². The van der Waals surface area contributed by atoms with Gasteiger partial charge in [0.15, 0.2) is 0 Å². The molecule has 1 saturated heterocycles. The van der Waals surface area contributed by atoms with Crippen molar-refractivity contribution in [2.24, 2.45) is 5.92 Å². The largest absolute Gasteiger partial charge is 0.396 e. The van der Waals surface area contributed by atoms with E-state index in [1.54, 1.807) is 0 Å². The molecule has 1 heterocycles. The Morgan fingerprint density at radius 1 is 1.33 bits per heavy atom. The molecule has 0 aromatic carbocycles. The molecule has 88 valence electrons. The zero-order valence-electron chi connectivity index (χ0n) is 9.78. The number of aliphatic hydroxyl groups excluding tert-OH is 1. The summed E-state index contributed by atoms with van der Waals surface area (Å²) in [6.07, 6.45) is 5.01. The Morgan fingerprint density at radius 3 is 2.80 bits per heavy atom. The first-order chi connectivity index (χ1) is 7.29. The van der Waals surface area contributed by atoms with Crippen molar-refractivity contribution >= 4 is 0 Å². The first-order valence-electron chi connectivity index (χ1n) is 6.38. The summed E-state index contributed by atoms with van der Waals surface area (Å²) in [6.45, 7) is 6.15. The highest BCUT2D eigenvalue weighted by Crippen LogP contribution is 2.30. The molecule has 0 spiro atoms. The zero-order chi connectivity index (χ0) is 10.7. The van der Waals surface area contributed by atoms with Crippen molar-refractivity contribution in [2.45, 2.75) is 44.7 Å². The van der Waals surface area contributed by atoms with Gasteiger partial charge in [0.2, 0.25) is 0 Å². The van der Waals surface area contributed by atoms with Gasteiger partial charge in [-0.3, -0.25) is 4.90 Å². The minimum atomic E-state index is 0.307. The molecule has 15 heavy (non-hydrogen) atoms. The Balaban J connectivity index is 1.73. The van der Waals surface area contributed by atoms with Crippen LogP contribution in [0.2, 0.25) is 0 Å². The molecule has 2 aliphatic rings. The van der Waals surface area contributed by atoms with E-state index in [0.29, 0.717) is 12.6 Å². The van der Waals surface area contributed by atoms with Crippen LogP contribution in [0.4, 0.5) is 0 Å². The third-order valence-corrected chi connectivity index (χ3v) is 3.52. The predicted molar refractivity (Wildman–Crippen MR) is 61.9 cm³/mol. The lowest BCUT2D eigenvalue weighted by atomic mass is 9.95. The zero-order valence-corrected chi connectivity index (χ0v) is 9.78. The highest BCUT2D eigenvalue weighted by Gasteiger charge is 2.34. The van der Waals surface area contributed by atoms with Crippen molar-refractivity contribution in [3.05, 3.63) is 0 Å². The summed E-state index contributed by atoms with van der Waals surface area (Å²) >= 11 is 0. The average Bonchev–Trinajstić information content (AvgIpc) is 3.00. The number of nitrogens with one attached hydrogen (secondary N) is 1. The van der Waals surface area contributed by atoms with Crippen molar-refractivity contribution < 1.29 is 5.11 Å². The van der Waals surface area contributed by atoms with Gasteiger partial charge in [-0.15, -0.1) is 0 Å². The molecule has 1 aliphatic carbocycles. The highest BCUT2D eigenvalue weighted by molar-refractivity contribution is 4.91. The summed E-state index contributed by atoms with van der Waals surface area (Å²) in [5.41, 5.74) is 0. The molecule has 0 amide bonds. The van der Waals surface area contributed by atoms with Crippen molar-refractivity contribution in [1.82, 2.24) is 10.2 Å². The van der Waals surface area contributed by atoms with E-state index in [4.69, 9.17) is 5.11 Å². The number of piperidine rings is 1. The number of hydrogen-bond donors (Lipinski definition) is 2. The maximum atomic E-state index is 8.75. The van der Waals surface area contributed by atoms with Gasteiger partial charge in [-0.25, -0.2) is 0 Å². The van der Waals surface area contributed by atoms with Crippen LogP contribution in [0, 0.1) is 5.92 Å². The molecule has 0 bridgehead atoms. The van der Waals surface area contributed by atoms with E-state index in [1.165, 1.54) is 32.4 Å². The topological polar surface area (TPSA) is 35.5 Å². The summed E-state index contributed by atoms with van der Waals surface area (Å²) in [6, 6.07) is 1.55. The van der Waals surface area contributed by atoms with E-state index in [9.17, 15) is 0 Å². The molecule has 1 aliphatic heterocycles. The fourth-order valence-electron chi connectivity index (χ4n) is 2.66. The SMILES string of the molecule is CC1CC(NCCCO)CN(C2CC2)C1. The van der Waals surface area contributed by atoms with Crippen LogP contribution in [-0.4, -0.2) is 48.3 Å². The number of hydrogen-bond acceptors (Lipinski definition) is 3. The molecule has 2 atom stereocenters. The Kier molecular flexibility index (Phi) is 4.00.